The van der Waals surface area contributed by atoms with Crippen molar-refractivity contribution in [2.24, 2.45) is 0 Å². The summed E-state index contributed by atoms with van der Waals surface area (Å²) in [6.45, 7) is 10.1. The molecule has 0 amide bonds. The fraction of sp³-hybridized carbons (Fsp3) is 0.538. The van der Waals surface area contributed by atoms with E-state index in [9.17, 15) is 0 Å². The van der Waals surface area contributed by atoms with E-state index in [4.69, 9.17) is 0 Å². The van der Waals surface area contributed by atoms with Crippen LogP contribution in [0.2, 0.25) is 0 Å². The summed E-state index contributed by atoms with van der Waals surface area (Å²) < 4.78 is 0. The van der Waals surface area contributed by atoms with Crippen LogP contribution in [-0.4, -0.2) is 18.1 Å². The van der Waals surface area contributed by atoms with E-state index in [0.29, 0.717) is 6.04 Å². The van der Waals surface area contributed by atoms with Gasteiger partial charge in [-0.05, 0) is 39.8 Å². The van der Waals surface area contributed by atoms with Crippen LogP contribution < -0.4 is 10.2 Å². The lowest BCUT2D eigenvalue weighted by Crippen LogP contribution is -2.50. The summed E-state index contributed by atoms with van der Waals surface area (Å²) in [6.07, 6.45) is 0. The van der Waals surface area contributed by atoms with Crippen LogP contribution in [-0.2, 0) is 0 Å². The molecule has 1 aliphatic rings. The first-order chi connectivity index (χ1) is 6.99. The molecular formula is C13H20N2. The van der Waals surface area contributed by atoms with Gasteiger partial charge in [0.15, 0.2) is 0 Å². The highest BCUT2D eigenvalue weighted by Gasteiger charge is 2.30. The van der Waals surface area contributed by atoms with Gasteiger partial charge in [0, 0.05) is 18.1 Å². The topological polar surface area (TPSA) is 15.3 Å². The lowest BCUT2D eigenvalue weighted by atomic mass is 9.98. The third-order valence-corrected chi connectivity index (χ3v) is 2.88. The number of benzene rings is 1. The van der Waals surface area contributed by atoms with Crippen LogP contribution in [0, 0.1) is 0 Å². The first kappa shape index (κ1) is 10.3. The Morgan fingerprint density at radius 3 is 2.60 bits per heavy atom. The Balaban J connectivity index is 2.43. The normalized spacial score (nSPS) is 18.6. The molecule has 0 unspecified atom stereocenters. The van der Waals surface area contributed by atoms with Crippen LogP contribution in [0.25, 0.3) is 0 Å². The largest absolute Gasteiger partial charge is 0.377 e. The summed E-state index contributed by atoms with van der Waals surface area (Å²) in [7, 11) is 0. The van der Waals surface area contributed by atoms with Crippen molar-refractivity contribution in [1.82, 2.24) is 0 Å². The molecule has 0 spiro atoms. The number of fused-ring (bicyclic) bond motifs is 1. The van der Waals surface area contributed by atoms with Gasteiger partial charge in [0.1, 0.15) is 0 Å². The standard InChI is InChI=1S/C13H20N2/c1-10(2)15-9-13(3,4)14-11-7-5-6-8-12(11)15/h5-8,10,14H,9H2,1-4H3. The molecule has 1 heterocycles. The minimum atomic E-state index is 0.151. The average molecular weight is 204 g/mol. The van der Waals surface area contributed by atoms with Gasteiger partial charge in [-0.3, -0.25) is 0 Å². The first-order valence-electron chi connectivity index (χ1n) is 5.63. The van der Waals surface area contributed by atoms with Gasteiger partial charge in [0.05, 0.1) is 11.4 Å². The SMILES string of the molecule is CC(C)N1CC(C)(C)Nc2ccccc21. The maximum atomic E-state index is 3.58. The quantitative estimate of drug-likeness (QED) is 0.756. The Kier molecular flexibility index (Phi) is 2.37. The predicted octanol–water partition coefficient (Wildman–Crippen LogP) is 3.11. The van der Waals surface area contributed by atoms with Gasteiger partial charge in [0.2, 0.25) is 0 Å². The molecule has 2 rings (SSSR count). The van der Waals surface area contributed by atoms with Crippen LogP contribution in [0.5, 0.6) is 0 Å². The number of nitrogens with zero attached hydrogens (tertiary/aromatic N) is 1. The third-order valence-electron chi connectivity index (χ3n) is 2.88. The second kappa shape index (κ2) is 3.44. The molecule has 1 aromatic carbocycles. The predicted molar refractivity (Wildman–Crippen MR) is 66.6 cm³/mol. The molecule has 82 valence electrons. The van der Waals surface area contributed by atoms with Crippen molar-refractivity contribution in [3.8, 4) is 0 Å². The van der Waals surface area contributed by atoms with Crippen molar-refractivity contribution < 1.29 is 0 Å². The Morgan fingerprint density at radius 2 is 1.93 bits per heavy atom. The maximum absolute atomic E-state index is 3.58. The Hall–Kier alpha value is -1.18. The molecule has 15 heavy (non-hydrogen) atoms. The van der Waals surface area contributed by atoms with Crippen LogP contribution in [0.3, 0.4) is 0 Å². The highest BCUT2D eigenvalue weighted by atomic mass is 15.2. The molecule has 1 N–H and O–H groups in total. The van der Waals surface area contributed by atoms with Crippen molar-refractivity contribution >= 4 is 11.4 Å². The van der Waals surface area contributed by atoms with Gasteiger partial charge < -0.3 is 10.2 Å². The van der Waals surface area contributed by atoms with E-state index in [2.05, 4.69) is 62.2 Å². The van der Waals surface area contributed by atoms with E-state index < -0.39 is 0 Å². The number of hydrogen-bond acceptors (Lipinski definition) is 2. The van der Waals surface area contributed by atoms with Gasteiger partial charge in [0.25, 0.3) is 0 Å². The van der Waals surface area contributed by atoms with Gasteiger partial charge in [-0.2, -0.15) is 0 Å². The Morgan fingerprint density at radius 1 is 1.27 bits per heavy atom. The number of anilines is 2. The number of para-hydroxylation sites is 2. The molecule has 0 atom stereocenters. The van der Waals surface area contributed by atoms with Gasteiger partial charge in [-0.25, -0.2) is 0 Å². The van der Waals surface area contributed by atoms with Gasteiger partial charge in [-0.1, -0.05) is 12.1 Å². The maximum Gasteiger partial charge on any atom is 0.0605 e. The number of hydrogen-bond donors (Lipinski definition) is 1. The fourth-order valence-electron chi connectivity index (χ4n) is 2.21. The van der Waals surface area contributed by atoms with Crippen molar-refractivity contribution in [1.29, 1.82) is 0 Å². The molecular weight excluding hydrogens is 184 g/mol. The van der Waals surface area contributed by atoms with Crippen LogP contribution in [0.1, 0.15) is 27.7 Å². The highest BCUT2D eigenvalue weighted by Crippen LogP contribution is 2.35. The van der Waals surface area contributed by atoms with Gasteiger partial charge in [-0.15, -0.1) is 0 Å². The number of nitrogens with one attached hydrogen (secondary N) is 1. The highest BCUT2D eigenvalue weighted by molar-refractivity contribution is 5.73. The zero-order valence-electron chi connectivity index (χ0n) is 10.0. The van der Waals surface area contributed by atoms with E-state index >= 15 is 0 Å². The smallest absolute Gasteiger partial charge is 0.0605 e. The van der Waals surface area contributed by atoms with E-state index in [0.717, 1.165) is 6.54 Å². The molecule has 1 aromatic rings. The summed E-state index contributed by atoms with van der Waals surface area (Å²) in [5.74, 6) is 0. The van der Waals surface area contributed by atoms with E-state index in [1.165, 1.54) is 11.4 Å². The number of rotatable bonds is 1. The Bertz CT molecular complexity index is 355. The second-order valence-electron chi connectivity index (χ2n) is 5.25. The van der Waals surface area contributed by atoms with Crippen LogP contribution >= 0.6 is 0 Å². The fourth-order valence-corrected chi connectivity index (χ4v) is 2.21. The van der Waals surface area contributed by atoms with E-state index in [1.54, 1.807) is 0 Å². The molecule has 0 fully saturated rings. The zero-order valence-corrected chi connectivity index (χ0v) is 10.0. The summed E-state index contributed by atoms with van der Waals surface area (Å²) in [4.78, 5) is 2.46. The lowest BCUT2D eigenvalue weighted by molar-refractivity contribution is 0.507. The lowest BCUT2D eigenvalue weighted by Gasteiger charge is -2.44. The first-order valence-corrected chi connectivity index (χ1v) is 5.63. The molecule has 0 radical (unpaired) electrons. The van der Waals surface area contributed by atoms with E-state index in [-0.39, 0.29) is 5.54 Å². The third kappa shape index (κ3) is 1.94. The second-order valence-corrected chi connectivity index (χ2v) is 5.25. The minimum Gasteiger partial charge on any atom is -0.377 e. The molecule has 0 bridgehead atoms. The van der Waals surface area contributed by atoms with Crippen LogP contribution in [0.4, 0.5) is 11.4 Å². The summed E-state index contributed by atoms with van der Waals surface area (Å²) in [5.41, 5.74) is 2.73. The molecule has 0 saturated carbocycles. The molecule has 2 nitrogen and oxygen atoms in total. The van der Waals surface area contributed by atoms with Crippen molar-refractivity contribution in [2.75, 3.05) is 16.8 Å². The minimum absolute atomic E-state index is 0.151. The summed E-state index contributed by atoms with van der Waals surface area (Å²) in [6, 6.07) is 9.09. The van der Waals surface area contributed by atoms with Gasteiger partial charge >= 0.3 is 0 Å². The molecule has 2 heteroatoms. The zero-order chi connectivity index (χ0) is 11.1. The monoisotopic (exact) mass is 204 g/mol. The molecule has 0 aliphatic carbocycles. The summed E-state index contributed by atoms with van der Waals surface area (Å²) in [5, 5.41) is 3.58. The molecule has 0 aromatic heterocycles. The van der Waals surface area contributed by atoms with E-state index in [1.807, 2.05) is 0 Å². The summed E-state index contributed by atoms with van der Waals surface area (Å²) >= 11 is 0. The average Bonchev–Trinajstić information content (AvgIpc) is 2.14. The van der Waals surface area contributed by atoms with Crippen molar-refractivity contribution in [3.05, 3.63) is 24.3 Å². The van der Waals surface area contributed by atoms with Crippen molar-refractivity contribution in [2.45, 2.75) is 39.3 Å². The Labute approximate surface area is 92.3 Å². The van der Waals surface area contributed by atoms with Crippen LogP contribution in [0.15, 0.2) is 24.3 Å². The van der Waals surface area contributed by atoms with Crippen molar-refractivity contribution in [3.63, 3.8) is 0 Å². The molecule has 0 saturated heterocycles. The molecule has 1 aliphatic heterocycles.